The van der Waals surface area contributed by atoms with Crippen LogP contribution in [-0.2, 0) is 31.7 Å². The summed E-state index contributed by atoms with van der Waals surface area (Å²) in [6.45, 7) is 3.87. The van der Waals surface area contributed by atoms with Crippen molar-refractivity contribution in [1.82, 2.24) is 9.97 Å². The van der Waals surface area contributed by atoms with Gasteiger partial charge in [-0.05, 0) is 48.6 Å². The zero-order valence-electron chi connectivity index (χ0n) is 29.9. The van der Waals surface area contributed by atoms with Gasteiger partial charge in [-0.15, -0.1) is 11.3 Å². The number of fused-ring (bicyclic) bond motifs is 3. The fourth-order valence-electron chi connectivity index (χ4n) is 5.42. The van der Waals surface area contributed by atoms with Crippen LogP contribution in [0.3, 0.4) is 0 Å². The Morgan fingerprint density at radius 1 is 0.709 bits per heavy atom. The molecule has 6 rings (SSSR count). The summed E-state index contributed by atoms with van der Waals surface area (Å²) in [6.07, 6.45) is -9.12. The van der Waals surface area contributed by atoms with Gasteiger partial charge in [-0.25, -0.2) is 26.8 Å². The molecule has 55 heavy (non-hydrogen) atoms. The number of aryl methyl sites for hydroxylation is 2. The van der Waals surface area contributed by atoms with Gasteiger partial charge in [-0.1, -0.05) is 77.9 Å². The average molecular weight is 971 g/mol. The molecule has 3 aromatic heterocycles. The van der Waals surface area contributed by atoms with E-state index >= 15 is 0 Å². The number of aliphatic hydroxyl groups is 2. The summed E-state index contributed by atoms with van der Waals surface area (Å²) in [4.78, 5) is 10.0. The maximum Gasteiger partial charge on any atom is 1.00 e. The Morgan fingerprint density at radius 2 is 1.11 bits per heavy atom. The van der Waals surface area contributed by atoms with Crippen molar-refractivity contribution in [3.05, 3.63) is 117 Å². The zero-order chi connectivity index (χ0) is 38.0. The summed E-state index contributed by atoms with van der Waals surface area (Å²) in [6, 6.07) is 24.4. The van der Waals surface area contributed by atoms with E-state index in [1.54, 1.807) is 35.7 Å². The first kappa shape index (κ1) is 50.4. The number of aliphatic hydroxyl groups excluding tert-OH is 2. The maximum atomic E-state index is 11.9. The third-order valence-electron chi connectivity index (χ3n) is 7.98. The number of pyridine rings is 2. The Hall–Kier alpha value is -0.706. The van der Waals surface area contributed by atoms with E-state index in [2.05, 4.69) is 0 Å². The Bertz CT molecular complexity index is 2300. The number of hydrogen-bond acceptors (Lipinski definition) is 11. The van der Waals surface area contributed by atoms with Crippen LogP contribution in [0.15, 0.2) is 90.3 Å². The molecule has 10 nitrogen and oxygen atoms in total. The van der Waals surface area contributed by atoms with Crippen LogP contribution < -0.4 is 59.1 Å². The van der Waals surface area contributed by atoms with Crippen molar-refractivity contribution in [2.45, 2.75) is 50.2 Å². The third kappa shape index (κ3) is 14.2. The molecule has 0 spiro atoms. The average Bonchev–Trinajstić information content (AvgIpc) is 3.59. The quantitative estimate of drug-likeness (QED) is 0.120. The van der Waals surface area contributed by atoms with E-state index in [4.69, 9.17) is 15.1 Å². The number of rotatable bonds is 9. The fourth-order valence-corrected chi connectivity index (χ4v) is 7.39. The second-order valence-corrected chi connectivity index (χ2v) is 15.9. The maximum absolute atomic E-state index is 11.9. The number of alkyl halides is 3. The van der Waals surface area contributed by atoms with Gasteiger partial charge in [0, 0.05) is 82.6 Å². The van der Waals surface area contributed by atoms with Crippen LogP contribution in [0.5, 0.6) is 0 Å². The van der Waals surface area contributed by atoms with Crippen LogP contribution in [0, 0.1) is 63.2 Å². The zero-order valence-corrected chi connectivity index (χ0v) is 38.8. The van der Waals surface area contributed by atoms with Gasteiger partial charge in [0.25, 0.3) is 0 Å². The van der Waals surface area contributed by atoms with E-state index in [1.165, 1.54) is 6.07 Å². The Balaban J connectivity index is 0.000000525. The molecular formula is C36H31EuF3N2Na2O8S3. The van der Waals surface area contributed by atoms with Crippen molar-refractivity contribution in [2.24, 2.45) is 0 Å². The number of benzene rings is 3. The molecule has 2 unspecified atom stereocenters. The van der Waals surface area contributed by atoms with Gasteiger partial charge in [0.15, 0.2) is 6.10 Å². The molecule has 2 N–H and O–H groups in total. The molecule has 0 bridgehead atoms. The van der Waals surface area contributed by atoms with Gasteiger partial charge in [-0.3, -0.25) is 0 Å². The van der Waals surface area contributed by atoms with Gasteiger partial charge in [0.1, 0.15) is 0 Å². The minimum absolute atomic E-state index is 0. The summed E-state index contributed by atoms with van der Waals surface area (Å²) in [5, 5.41) is 20.4. The molecule has 0 saturated heterocycles. The third-order valence-corrected chi connectivity index (χ3v) is 10.3. The normalized spacial score (nSPS) is 12.7. The summed E-state index contributed by atoms with van der Waals surface area (Å²) in [7, 11) is -9.27. The molecule has 0 aliphatic carbocycles. The van der Waals surface area contributed by atoms with E-state index < -0.39 is 56.5 Å². The molecule has 3 aromatic carbocycles. The molecule has 0 aliphatic rings. The smallest absolute Gasteiger partial charge is 0.748 e. The van der Waals surface area contributed by atoms with Crippen LogP contribution >= 0.6 is 11.3 Å². The predicted octanol–water partition coefficient (Wildman–Crippen LogP) is 0.927. The van der Waals surface area contributed by atoms with Crippen molar-refractivity contribution in [3.8, 4) is 22.5 Å². The van der Waals surface area contributed by atoms with Crippen LogP contribution in [0.25, 0.3) is 44.3 Å². The van der Waals surface area contributed by atoms with Crippen LogP contribution in [0.2, 0.25) is 0 Å². The van der Waals surface area contributed by atoms with E-state index in [-0.39, 0.29) is 120 Å². The van der Waals surface area contributed by atoms with Crippen LogP contribution in [0.4, 0.5) is 13.2 Å². The van der Waals surface area contributed by atoms with Crippen LogP contribution in [-0.4, -0.2) is 58.4 Å². The van der Waals surface area contributed by atoms with Gasteiger partial charge in [0.05, 0.1) is 60.3 Å². The number of hydrogen-bond donors (Lipinski definition) is 2. The van der Waals surface area contributed by atoms with E-state index in [0.717, 1.165) is 22.5 Å². The molecule has 0 aliphatic heterocycles. The molecule has 3 heterocycles. The topological polar surface area (TPSA) is 181 Å². The molecule has 0 saturated carbocycles. The largest absolute Gasteiger partial charge is 1.00 e. The van der Waals surface area contributed by atoms with Crippen molar-refractivity contribution in [1.29, 1.82) is 0 Å². The van der Waals surface area contributed by atoms with Crippen molar-refractivity contribution in [2.75, 3.05) is 0 Å². The predicted molar refractivity (Wildman–Crippen MR) is 190 cm³/mol. The van der Waals surface area contributed by atoms with E-state index in [1.807, 2.05) is 62.4 Å². The molecule has 0 amide bonds. The summed E-state index contributed by atoms with van der Waals surface area (Å²) >= 11 is 1.16. The van der Waals surface area contributed by atoms with Crippen molar-refractivity contribution >= 4 is 53.4 Å². The second kappa shape index (κ2) is 21.0. The number of thiophene rings is 1. The van der Waals surface area contributed by atoms with E-state index in [9.17, 15) is 44.2 Å². The molecule has 19 heteroatoms. The molecule has 0 fully saturated rings. The molecule has 1 radical (unpaired) electrons. The minimum Gasteiger partial charge on any atom is -0.748 e. The van der Waals surface area contributed by atoms with Crippen molar-refractivity contribution < 1.29 is 158 Å². The molecular weight excluding hydrogens is 940 g/mol. The summed E-state index contributed by atoms with van der Waals surface area (Å²) < 4.78 is 106. The Morgan fingerprint density at radius 3 is 1.44 bits per heavy atom. The van der Waals surface area contributed by atoms with E-state index in [0.29, 0.717) is 49.2 Å². The monoisotopic (exact) mass is 971 g/mol. The SMILES string of the molecule is Cc1ccc(-c2cc(CS(=O)(=O)[O-])c3ccc4c(CS(=O)(=O)[O-])cc(-c5ccc(C)cc5)nc4c3n2)cc1.OC(CC(O)C(F)(F)F)c1cccs1.[Eu].[Na+].[Na+]. The molecule has 281 valence electrons. The minimum atomic E-state index is -4.67. The second-order valence-electron chi connectivity index (χ2n) is 12.2. The molecule has 2 atom stereocenters. The summed E-state index contributed by atoms with van der Waals surface area (Å²) in [5.74, 6) is -1.51. The van der Waals surface area contributed by atoms with Gasteiger partial charge >= 0.3 is 65.3 Å². The van der Waals surface area contributed by atoms with Gasteiger partial charge in [0.2, 0.25) is 0 Å². The Kier molecular flexibility index (Phi) is 19.3. The first-order chi connectivity index (χ1) is 24.3. The first-order valence-corrected chi connectivity index (χ1v) is 19.5. The van der Waals surface area contributed by atoms with Crippen molar-refractivity contribution in [3.63, 3.8) is 0 Å². The number of nitrogens with zero attached hydrogens (tertiary/aromatic N) is 2. The summed E-state index contributed by atoms with van der Waals surface area (Å²) in [5.41, 5.74) is 5.44. The Labute approximate surface area is 405 Å². The number of halogens is 3. The van der Waals surface area contributed by atoms with Gasteiger partial charge in [-0.2, -0.15) is 13.2 Å². The standard InChI is InChI=1S/C28H24N2O6S2.C8H9F3O2S.Eu.2Na/c1-17-3-7-19(8-4-17)25-13-21(15-37(31,32)33)23-11-12-24-22(16-38(34,35)36)14-26(30-28(24)27(23)29-25)20-9-5-18(2)6-10-20;9-8(10,11)7(13)4-5(12)6-2-1-3-14-6;;;/h3-14H,15-16H2,1-2H3,(H,31,32,33)(H,34,35,36);1-3,5,7,12-13H,4H2;;;/q;;;2*+1/p-2. The van der Waals surface area contributed by atoms with Crippen LogP contribution in [0.1, 0.15) is 39.7 Å². The first-order valence-electron chi connectivity index (χ1n) is 15.5. The fraction of sp³-hybridized carbons (Fsp3) is 0.222. The number of aromatic nitrogens is 2. The van der Waals surface area contributed by atoms with Gasteiger partial charge < -0.3 is 19.3 Å². The molecule has 6 aromatic rings.